The third-order valence-corrected chi connectivity index (χ3v) is 3.37. The number of ether oxygens (including phenoxy) is 1. The van der Waals surface area contributed by atoms with E-state index in [9.17, 15) is 4.79 Å². The molecule has 1 N–H and O–H groups in total. The Morgan fingerprint density at radius 2 is 2.14 bits per heavy atom. The summed E-state index contributed by atoms with van der Waals surface area (Å²) >= 11 is 0. The van der Waals surface area contributed by atoms with Gasteiger partial charge in [-0.15, -0.1) is 0 Å². The normalized spacial score (nSPS) is 17.8. The predicted octanol–water partition coefficient (Wildman–Crippen LogP) is 3.24. The molecule has 0 spiro atoms. The van der Waals surface area contributed by atoms with Crippen molar-refractivity contribution in [3.05, 3.63) is 59.2 Å². The Morgan fingerprint density at radius 1 is 1.32 bits per heavy atom. The largest absolute Gasteiger partial charge is 0.449 e. The fourth-order valence-electron chi connectivity index (χ4n) is 2.29. The first kappa shape index (κ1) is 13.8. The summed E-state index contributed by atoms with van der Waals surface area (Å²) in [6, 6.07) is 15.0. The average Bonchev–Trinajstić information content (AvgIpc) is 2.54. The molecule has 2 aromatic rings. The van der Waals surface area contributed by atoms with E-state index < -0.39 is 6.10 Å². The molecule has 0 fully saturated rings. The minimum Gasteiger partial charge on any atom is -0.449 e. The van der Waals surface area contributed by atoms with E-state index in [1.165, 1.54) is 0 Å². The monoisotopic (exact) mass is 291 g/mol. The predicted molar refractivity (Wildman–Crippen MR) is 82.9 cm³/mol. The Balaban J connectivity index is 2.02. The lowest BCUT2D eigenvalue weighted by molar-refractivity contribution is -0.114. The fraction of sp³-hybridized carbons (Fsp3) is 0.118. The molecule has 0 radical (unpaired) electrons. The van der Waals surface area contributed by atoms with Crippen LogP contribution in [0, 0.1) is 18.3 Å². The Kier molecular flexibility index (Phi) is 3.58. The Morgan fingerprint density at radius 3 is 2.91 bits per heavy atom. The summed E-state index contributed by atoms with van der Waals surface area (Å²) in [5.41, 5.74) is 3.56. The lowest BCUT2D eigenvalue weighted by atomic mass is 10.0. The van der Waals surface area contributed by atoms with Crippen molar-refractivity contribution in [2.24, 2.45) is 4.99 Å². The van der Waals surface area contributed by atoms with E-state index in [0.29, 0.717) is 11.3 Å². The maximum absolute atomic E-state index is 11.3. The molecule has 0 bridgehead atoms. The topological polar surface area (TPSA) is 74.5 Å². The second-order valence-electron chi connectivity index (χ2n) is 4.94. The number of aliphatic imine (C=N–C) groups is 1. The van der Waals surface area contributed by atoms with Crippen LogP contribution in [0.2, 0.25) is 0 Å². The summed E-state index contributed by atoms with van der Waals surface area (Å²) in [5, 5.41) is 12.2. The number of anilines is 1. The zero-order valence-electron chi connectivity index (χ0n) is 11.9. The van der Waals surface area contributed by atoms with Gasteiger partial charge in [0.25, 0.3) is 6.02 Å². The van der Waals surface area contributed by atoms with E-state index in [1.807, 2.05) is 25.1 Å². The first-order chi connectivity index (χ1) is 10.7. The standard InChI is InChI=1S/C17H13N3O2/c1-11-6-7-13-15(8-11)20-17(22-16(13)10-21)19-14-5-3-2-4-12(14)9-18/h2-8,10,16H,1H3,(H,19,20). The number of aldehydes is 1. The number of amidine groups is 1. The van der Waals surface area contributed by atoms with Crippen LogP contribution in [0.3, 0.4) is 0 Å². The van der Waals surface area contributed by atoms with Gasteiger partial charge >= 0.3 is 0 Å². The Hall–Kier alpha value is -3.13. The van der Waals surface area contributed by atoms with Crippen molar-refractivity contribution >= 4 is 23.7 Å². The molecule has 1 atom stereocenters. The van der Waals surface area contributed by atoms with Gasteiger partial charge in [0.05, 0.1) is 11.3 Å². The van der Waals surface area contributed by atoms with Crippen LogP contribution in [0.1, 0.15) is 22.8 Å². The maximum atomic E-state index is 11.3. The summed E-state index contributed by atoms with van der Waals surface area (Å²) in [6.45, 7) is 1.97. The molecule has 1 aliphatic heterocycles. The van der Waals surface area contributed by atoms with Crippen LogP contribution in [-0.4, -0.2) is 12.3 Å². The van der Waals surface area contributed by atoms with Crippen LogP contribution in [0.4, 0.5) is 11.4 Å². The Labute approximate surface area is 127 Å². The number of nitrogens with one attached hydrogen (secondary N) is 1. The SMILES string of the molecule is Cc1ccc2c(c1)NC(=Nc1ccccc1C#N)OC2C=O. The van der Waals surface area contributed by atoms with Gasteiger partial charge in [0.15, 0.2) is 12.4 Å². The minimum atomic E-state index is -0.704. The summed E-state index contributed by atoms with van der Waals surface area (Å²) in [4.78, 5) is 15.6. The van der Waals surface area contributed by atoms with E-state index in [0.717, 1.165) is 23.1 Å². The van der Waals surface area contributed by atoms with E-state index >= 15 is 0 Å². The third-order valence-electron chi connectivity index (χ3n) is 3.37. The Bertz CT molecular complexity index is 806. The summed E-state index contributed by atoms with van der Waals surface area (Å²) < 4.78 is 5.57. The van der Waals surface area contributed by atoms with E-state index in [-0.39, 0.29) is 6.02 Å². The highest BCUT2D eigenvalue weighted by molar-refractivity contribution is 5.96. The average molecular weight is 291 g/mol. The van der Waals surface area contributed by atoms with Crippen LogP contribution in [0.5, 0.6) is 0 Å². The van der Waals surface area contributed by atoms with Gasteiger partial charge in [0.2, 0.25) is 0 Å². The number of hydrogen-bond donors (Lipinski definition) is 1. The molecule has 0 aromatic heterocycles. The first-order valence-electron chi connectivity index (χ1n) is 6.78. The van der Waals surface area contributed by atoms with Gasteiger partial charge in [-0.25, -0.2) is 0 Å². The molecule has 108 valence electrons. The molecule has 5 nitrogen and oxygen atoms in total. The number of nitriles is 1. The highest BCUT2D eigenvalue weighted by Gasteiger charge is 2.24. The maximum Gasteiger partial charge on any atom is 0.295 e. The molecular weight excluding hydrogens is 278 g/mol. The second-order valence-corrected chi connectivity index (χ2v) is 4.94. The van der Waals surface area contributed by atoms with Crippen LogP contribution in [-0.2, 0) is 9.53 Å². The third kappa shape index (κ3) is 2.54. The number of benzene rings is 2. The van der Waals surface area contributed by atoms with Gasteiger partial charge in [0, 0.05) is 11.3 Å². The van der Waals surface area contributed by atoms with Gasteiger partial charge in [-0.1, -0.05) is 24.3 Å². The van der Waals surface area contributed by atoms with Crippen LogP contribution < -0.4 is 5.32 Å². The number of carbonyl (C=O) groups excluding carboxylic acids is 1. The lowest BCUT2D eigenvalue weighted by Crippen LogP contribution is -2.26. The number of rotatable bonds is 2. The van der Waals surface area contributed by atoms with Gasteiger partial charge < -0.3 is 10.1 Å². The van der Waals surface area contributed by atoms with Crippen molar-refractivity contribution in [2.45, 2.75) is 13.0 Å². The molecule has 1 aliphatic rings. The molecule has 0 aliphatic carbocycles. The van der Waals surface area contributed by atoms with Gasteiger partial charge in [-0.05, 0) is 30.7 Å². The number of hydrogen-bond acceptors (Lipinski definition) is 4. The number of carbonyl (C=O) groups is 1. The van der Waals surface area contributed by atoms with Crippen molar-refractivity contribution in [2.75, 3.05) is 5.32 Å². The summed E-state index contributed by atoms with van der Waals surface area (Å²) in [5.74, 6) is 0. The molecule has 2 aromatic carbocycles. The number of para-hydroxylation sites is 1. The molecule has 1 unspecified atom stereocenters. The molecule has 1 heterocycles. The lowest BCUT2D eigenvalue weighted by Gasteiger charge is -2.25. The van der Waals surface area contributed by atoms with Crippen molar-refractivity contribution in [3.63, 3.8) is 0 Å². The minimum absolute atomic E-state index is 0.206. The van der Waals surface area contributed by atoms with Crippen LogP contribution in [0.25, 0.3) is 0 Å². The molecule has 0 saturated carbocycles. The molecule has 0 saturated heterocycles. The molecule has 0 amide bonds. The van der Waals surface area contributed by atoms with E-state index in [2.05, 4.69) is 16.4 Å². The summed E-state index contributed by atoms with van der Waals surface area (Å²) in [6.07, 6.45) is 0.0330. The molecule has 5 heteroatoms. The van der Waals surface area contributed by atoms with Gasteiger partial charge in [-0.3, -0.25) is 4.79 Å². The van der Waals surface area contributed by atoms with Gasteiger partial charge in [0.1, 0.15) is 6.07 Å². The first-order valence-corrected chi connectivity index (χ1v) is 6.78. The van der Waals surface area contributed by atoms with Gasteiger partial charge in [-0.2, -0.15) is 10.3 Å². The van der Waals surface area contributed by atoms with Crippen molar-refractivity contribution < 1.29 is 9.53 Å². The smallest absolute Gasteiger partial charge is 0.295 e. The zero-order valence-corrected chi connectivity index (χ0v) is 11.9. The quantitative estimate of drug-likeness (QED) is 0.862. The fourth-order valence-corrected chi connectivity index (χ4v) is 2.29. The molecule has 3 rings (SSSR count). The highest BCUT2D eigenvalue weighted by Crippen LogP contribution is 2.31. The number of nitrogens with zero attached hydrogens (tertiary/aromatic N) is 2. The second kappa shape index (κ2) is 5.70. The van der Waals surface area contributed by atoms with Crippen molar-refractivity contribution in [1.29, 1.82) is 5.26 Å². The number of aryl methyl sites for hydroxylation is 1. The van der Waals surface area contributed by atoms with Crippen LogP contribution in [0.15, 0.2) is 47.5 Å². The highest BCUT2D eigenvalue weighted by atomic mass is 16.5. The van der Waals surface area contributed by atoms with Crippen molar-refractivity contribution in [3.8, 4) is 6.07 Å². The van der Waals surface area contributed by atoms with Crippen LogP contribution >= 0.6 is 0 Å². The molecular formula is C17H13N3O2. The number of fused-ring (bicyclic) bond motifs is 1. The summed E-state index contributed by atoms with van der Waals surface area (Å²) in [7, 11) is 0. The zero-order chi connectivity index (χ0) is 15.5. The van der Waals surface area contributed by atoms with E-state index in [1.54, 1.807) is 24.3 Å². The molecule has 22 heavy (non-hydrogen) atoms. The van der Waals surface area contributed by atoms with E-state index in [4.69, 9.17) is 10.00 Å². The van der Waals surface area contributed by atoms with Crippen molar-refractivity contribution in [1.82, 2.24) is 0 Å².